The normalized spacial score (nSPS) is 11.8. The van der Waals surface area contributed by atoms with Crippen LogP contribution in [0, 0.1) is 6.92 Å². The quantitative estimate of drug-likeness (QED) is 0.575. The number of hydrogen-bond acceptors (Lipinski definition) is 4. The van der Waals surface area contributed by atoms with E-state index >= 15 is 0 Å². The highest BCUT2D eigenvalue weighted by atomic mass is 16.3. The number of nitrogens with one attached hydrogen (secondary N) is 1. The highest BCUT2D eigenvalue weighted by Crippen LogP contribution is 2.20. The van der Waals surface area contributed by atoms with Crippen LogP contribution in [-0.2, 0) is 0 Å². The van der Waals surface area contributed by atoms with Gasteiger partial charge in [-0.25, -0.2) is 0 Å². The minimum Gasteiger partial charge on any atom is -0.460 e. The maximum atomic E-state index is 5.53. The van der Waals surface area contributed by atoms with Crippen molar-refractivity contribution in [3.8, 4) is 0 Å². The van der Waals surface area contributed by atoms with Crippen LogP contribution in [0.1, 0.15) is 18.4 Å². The number of furan rings is 1. The Kier molecular flexibility index (Phi) is 3.21. The maximum Gasteiger partial charge on any atom is 0.149 e. The van der Waals surface area contributed by atoms with Crippen LogP contribution in [0.2, 0.25) is 0 Å². The Balaban J connectivity index is 1.90. The number of fused-ring (bicyclic) bond motifs is 1. The van der Waals surface area contributed by atoms with E-state index in [0.717, 1.165) is 33.8 Å². The van der Waals surface area contributed by atoms with Crippen molar-refractivity contribution in [3.63, 3.8) is 0 Å². The number of rotatable bonds is 3. The van der Waals surface area contributed by atoms with E-state index in [1.54, 1.807) is 6.20 Å². The van der Waals surface area contributed by atoms with Gasteiger partial charge in [-0.05, 0) is 38.1 Å². The molecule has 0 aliphatic heterocycles. The molecule has 4 heteroatoms. The Bertz CT molecular complexity index is 769. The molecule has 4 nitrogen and oxygen atoms in total. The minimum atomic E-state index is 0.767. The number of pyridine rings is 1. The first-order valence-electron chi connectivity index (χ1n) is 6.45. The molecular weight excluding hydrogens is 250 g/mol. The van der Waals surface area contributed by atoms with E-state index in [1.165, 1.54) is 0 Å². The fourth-order valence-electron chi connectivity index (χ4n) is 2.02. The topological polar surface area (TPSA) is 50.4 Å². The lowest BCUT2D eigenvalue weighted by molar-refractivity contribution is 0.525. The fraction of sp³-hybridized carbons (Fsp3) is 0.125. The molecule has 1 N–H and O–H groups in total. The van der Waals surface area contributed by atoms with Gasteiger partial charge in [0, 0.05) is 11.6 Å². The molecular formula is C16H15N3O. The smallest absolute Gasteiger partial charge is 0.149 e. The summed E-state index contributed by atoms with van der Waals surface area (Å²) in [5, 5.41) is 5.44. The Hall–Kier alpha value is -2.62. The molecule has 0 aliphatic carbocycles. The van der Waals surface area contributed by atoms with Crippen molar-refractivity contribution in [2.45, 2.75) is 13.8 Å². The predicted molar refractivity (Wildman–Crippen MR) is 81.0 cm³/mol. The van der Waals surface area contributed by atoms with Crippen molar-refractivity contribution < 1.29 is 4.42 Å². The molecule has 1 aromatic carbocycles. The van der Waals surface area contributed by atoms with Crippen molar-refractivity contribution in [1.29, 1.82) is 0 Å². The summed E-state index contributed by atoms with van der Waals surface area (Å²) >= 11 is 0. The number of aromatic nitrogens is 1. The average Bonchev–Trinajstić information content (AvgIpc) is 2.91. The molecule has 2 heterocycles. The summed E-state index contributed by atoms with van der Waals surface area (Å²) in [6.45, 7) is 3.82. The summed E-state index contributed by atoms with van der Waals surface area (Å²) in [5.41, 5.74) is 5.64. The first-order chi connectivity index (χ1) is 9.74. The third kappa shape index (κ3) is 2.40. The lowest BCUT2D eigenvalue weighted by Gasteiger charge is -2.05. The number of nitrogens with zero attached hydrogens (tertiary/aromatic N) is 2. The molecule has 0 saturated heterocycles. The molecule has 20 heavy (non-hydrogen) atoms. The van der Waals surface area contributed by atoms with E-state index in [1.807, 2.05) is 56.3 Å². The van der Waals surface area contributed by atoms with Crippen molar-refractivity contribution in [2.24, 2.45) is 5.10 Å². The number of hydrazone groups is 1. The molecule has 3 rings (SSSR count). The zero-order chi connectivity index (χ0) is 13.9. The summed E-state index contributed by atoms with van der Waals surface area (Å²) < 4.78 is 5.53. The Morgan fingerprint density at radius 3 is 2.80 bits per heavy atom. The molecule has 0 aliphatic rings. The molecule has 0 unspecified atom stereocenters. The second-order valence-electron chi connectivity index (χ2n) is 4.60. The van der Waals surface area contributed by atoms with Crippen molar-refractivity contribution in [3.05, 3.63) is 60.2 Å². The molecule has 100 valence electrons. The summed E-state index contributed by atoms with van der Waals surface area (Å²) in [7, 11) is 0. The molecule has 0 fully saturated rings. The van der Waals surface area contributed by atoms with Gasteiger partial charge in [0.15, 0.2) is 0 Å². The van der Waals surface area contributed by atoms with Crippen LogP contribution in [0.3, 0.4) is 0 Å². The minimum absolute atomic E-state index is 0.767. The van der Waals surface area contributed by atoms with Crippen molar-refractivity contribution in [1.82, 2.24) is 4.98 Å². The highest BCUT2D eigenvalue weighted by Gasteiger charge is 2.04. The van der Waals surface area contributed by atoms with Crippen molar-refractivity contribution in [2.75, 3.05) is 5.43 Å². The fourth-order valence-corrected chi connectivity index (χ4v) is 2.02. The largest absolute Gasteiger partial charge is 0.460 e. The molecule has 0 radical (unpaired) electrons. The molecule has 2 aromatic heterocycles. The van der Waals surface area contributed by atoms with Gasteiger partial charge >= 0.3 is 0 Å². The highest BCUT2D eigenvalue weighted by molar-refractivity contribution is 5.97. The van der Waals surface area contributed by atoms with Gasteiger partial charge in [-0.3, -0.25) is 10.4 Å². The standard InChI is InChI=1S/C16H15N3O/c1-11-8-9-15(20-11)12(2)18-19-14-7-3-5-13-6-4-10-17-16(13)14/h3-10,19H,1-2H3/b18-12-. The van der Waals surface area contributed by atoms with Crippen LogP contribution in [0.15, 0.2) is 58.2 Å². The monoisotopic (exact) mass is 265 g/mol. The lowest BCUT2D eigenvalue weighted by Crippen LogP contribution is -1.99. The van der Waals surface area contributed by atoms with E-state index < -0.39 is 0 Å². The second kappa shape index (κ2) is 5.17. The Morgan fingerprint density at radius 2 is 2.00 bits per heavy atom. The van der Waals surface area contributed by atoms with Gasteiger partial charge in [0.05, 0.1) is 11.2 Å². The Labute approximate surface area is 117 Å². The summed E-state index contributed by atoms with van der Waals surface area (Å²) in [6.07, 6.45) is 1.78. The third-order valence-electron chi connectivity index (χ3n) is 3.07. The van der Waals surface area contributed by atoms with Crippen LogP contribution in [0.4, 0.5) is 5.69 Å². The molecule has 0 bridgehead atoms. The number of aryl methyl sites for hydroxylation is 1. The van der Waals surface area contributed by atoms with Crippen LogP contribution < -0.4 is 5.43 Å². The average molecular weight is 265 g/mol. The SMILES string of the molecule is C/C(=N/Nc1cccc2cccnc12)c1ccc(C)o1. The van der Waals surface area contributed by atoms with Gasteiger partial charge in [-0.1, -0.05) is 18.2 Å². The number of benzene rings is 1. The lowest BCUT2D eigenvalue weighted by atomic mass is 10.2. The van der Waals surface area contributed by atoms with E-state index in [-0.39, 0.29) is 0 Å². The second-order valence-corrected chi connectivity index (χ2v) is 4.60. The predicted octanol–water partition coefficient (Wildman–Crippen LogP) is 3.97. The zero-order valence-electron chi connectivity index (χ0n) is 11.4. The summed E-state index contributed by atoms with van der Waals surface area (Å²) in [5.74, 6) is 1.64. The van der Waals surface area contributed by atoms with Gasteiger partial charge in [0.25, 0.3) is 0 Å². The Morgan fingerprint density at radius 1 is 1.15 bits per heavy atom. The van der Waals surface area contributed by atoms with Gasteiger partial charge in [0.1, 0.15) is 17.2 Å². The van der Waals surface area contributed by atoms with Gasteiger partial charge in [-0.2, -0.15) is 5.10 Å². The molecule has 0 spiro atoms. The third-order valence-corrected chi connectivity index (χ3v) is 3.07. The van der Waals surface area contributed by atoms with Gasteiger partial charge < -0.3 is 4.42 Å². The molecule has 0 amide bonds. The summed E-state index contributed by atoms with van der Waals surface area (Å²) in [6, 6.07) is 13.8. The zero-order valence-corrected chi connectivity index (χ0v) is 11.4. The first kappa shape index (κ1) is 12.4. The first-order valence-corrected chi connectivity index (χ1v) is 6.45. The summed E-state index contributed by atoms with van der Waals surface area (Å²) in [4.78, 5) is 4.38. The van der Waals surface area contributed by atoms with E-state index in [4.69, 9.17) is 4.42 Å². The van der Waals surface area contributed by atoms with Crippen LogP contribution >= 0.6 is 0 Å². The molecule has 3 aromatic rings. The van der Waals surface area contributed by atoms with Crippen LogP contribution in [0.5, 0.6) is 0 Å². The molecule has 0 atom stereocenters. The van der Waals surface area contributed by atoms with Gasteiger partial charge in [0.2, 0.25) is 0 Å². The van der Waals surface area contributed by atoms with Crippen LogP contribution in [-0.4, -0.2) is 10.7 Å². The maximum absolute atomic E-state index is 5.53. The number of anilines is 1. The van der Waals surface area contributed by atoms with Crippen LogP contribution in [0.25, 0.3) is 10.9 Å². The number of para-hydroxylation sites is 1. The van der Waals surface area contributed by atoms with E-state index in [2.05, 4.69) is 15.5 Å². The van der Waals surface area contributed by atoms with E-state index in [9.17, 15) is 0 Å². The van der Waals surface area contributed by atoms with Crippen molar-refractivity contribution >= 4 is 22.3 Å². The molecule has 0 saturated carbocycles. The van der Waals surface area contributed by atoms with Gasteiger partial charge in [-0.15, -0.1) is 0 Å². The van der Waals surface area contributed by atoms with E-state index in [0.29, 0.717) is 0 Å². The number of hydrogen-bond donors (Lipinski definition) is 1.